The van der Waals surface area contributed by atoms with Gasteiger partial charge in [-0.15, -0.1) is 0 Å². The van der Waals surface area contributed by atoms with Gasteiger partial charge in [0.25, 0.3) is 0 Å². The van der Waals surface area contributed by atoms with Crippen molar-refractivity contribution in [3.05, 3.63) is 68.9 Å². The van der Waals surface area contributed by atoms with Crippen molar-refractivity contribution in [2.24, 2.45) is 0 Å². The van der Waals surface area contributed by atoms with Crippen molar-refractivity contribution in [3.8, 4) is 0 Å². The molecule has 0 saturated heterocycles. The van der Waals surface area contributed by atoms with Gasteiger partial charge in [-0.2, -0.15) is 0 Å². The second kappa shape index (κ2) is 5.83. The maximum atomic E-state index is 13.3. The van der Waals surface area contributed by atoms with Crippen LogP contribution in [0.15, 0.2) is 46.9 Å². The molecule has 0 radical (unpaired) electrons. The standard InChI is InChI=1S/C14H12BrClFN/c1-18-14(9-3-2-4-11(17)7-9)12-6-5-10(15)8-13(12)16/h2-8,14,18H,1H3. The van der Waals surface area contributed by atoms with E-state index in [0.29, 0.717) is 5.02 Å². The molecule has 0 bridgehead atoms. The van der Waals surface area contributed by atoms with Crippen molar-refractivity contribution < 1.29 is 4.39 Å². The summed E-state index contributed by atoms with van der Waals surface area (Å²) in [5.74, 6) is -0.249. The van der Waals surface area contributed by atoms with E-state index in [1.165, 1.54) is 12.1 Å². The quantitative estimate of drug-likeness (QED) is 0.871. The topological polar surface area (TPSA) is 12.0 Å². The number of nitrogens with one attached hydrogen (secondary N) is 1. The lowest BCUT2D eigenvalue weighted by Gasteiger charge is -2.18. The molecular formula is C14H12BrClFN. The molecule has 2 aromatic rings. The molecule has 2 aromatic carbocycles. The highest BCUT2D eigenvalue weighted by Crippen LogP contribution is 2.30. The Morgan fingerprint density at radius 2 is 2.00 bits per heavy atom. The molecule has 0 amide bonds. The second-order valence-corrected chi connectivity index (χ2v) is 5.27. The summed E-state index contributed by atoms with van der Waals surface area (Å²) in [6, 6.07) is 12.1. The molecule has 4 heteroatoms. The van der Waals surface area contributed by atoms with Crippen LogP contribution < -0.4 is 5.32 Å². The smallest absolute Gasteiger partial charge is 0.123 e. The van der Waals surface area contributed by atoms with Crippen LogP contribution in [0.25, 0.3) is 0 Å². The van der Waals surface area contributed by atoms with E-state index in [-0.39, 0.29) is 11.9 Å². The summed E-state index contributed by atoms with van der Waals surface area (Å²) < 4.78 is 14.2. The van der Waals surface area contributed by atoms with Crippen LogP contribution in [-0.2, 0) is 0 Å². The van der Waals surface area contributed by atoms with Gasteiger partial charge in [-0.25, -0.2) is 4.39 Å². The zero-order valence-electron chi connectivity index (χ0n) is 9.75. The van der Waals surface area contributed by atoms with Crippen LogP contribution in [0.3, 0.4) is 0 Å². The molecule has 1 atom stereocenters. The highest BCUT2D eigenvalue weighted by atomic mass is 79.9. The molecule has 0 aliphatic heterocycles. The predicted molar refractivity (Wildman–Crippen MR) is 76.5 cm³/mol. The van der Waals surface area contributed by atoms with Crippen LogP contribution in [0.5, 0.6) is 0 Å². The van der Waals surface area contributed by atoms with Crippen LogP contribution in [0, 0.1) is 5.82 Å². The summed E-state index contributed by atoms with van der Waals surface area (Å²) in [7, 11) is 1.83. The van der Waals surface area contributed by atoms with Crippen LogP contribution >= 0.6 is 27.5 Å². The number of hydrogen-bond acceptors (Lipinski definition) is 1. The van der Waals surface area contributed by atoms with Crippen molar-refractivity contribution in [3.63, 3.8) is 0 Å². The minimum Gasteiger partial charge on any atom is -0.309 e. The minimum absolute atomic E-state index is 0.124. The fourth-order valence-corrected chi connectivity index (χ4v) is 2.71. The number of halogens is 3. The van der Waals surface area contributed by atoms with Crippen LogP contribution in [-0.4, -0.2) is 7.05 Å². The fourth-order valence-electron chi connectivity index (χ4n) is 1.92. The summed E-state index contributed by atoms with van der Waals surface area (Å²) in [5, 5.41) is 3.80. The van der Waals surface area contributed by atoms with Crippen molar-refractivity contribution >= 4 is 27.5 Å². The molecule has 18 heavy (non-hydrogen) atoms. The van der Waals surface area contributed by atoms with E-state index in [9.17, 15) is 4.39 Å². The third-order valence-corrected chi connectivity index (χ3v) is 3.56. The highest BCUT2D eigenvalue weighted by Gasteiger charge is 2.15. The maximum absolute atomic E-state index is 13.3. The zero-order valence-corrected chi connectivity index (χ0v) is 12.1. The monoisotopic (exact) mass is 327 g/mol. The molecule has 94 valence electrons. The van der Waals surface area contributed by atoms with Gasteiger partial charge in [-0.3, -0.25) is 0 Å². The first-order valence-corrected chi connectivity index (χ1v) is 6.66. The molecule has 0 fully saturated rings. The van der Waals surface area contributed by atoms with Crippen LogP contribution in [0.1, 0.15) is 17.2 Å². The lowest BCUT2D eigenvalue weighted by atomic mass is 9.99. The third kappa shape index (κ3) is 2.91. The molecule has 0 aliphatic rings. The molecule has 0 aliphatic carbocycles. The van der Waals surface area contributed by atoms with Gasteiger partial charge in [0.1, 0.15) is 5.82 Å². The first-order chi connectivity index (χ1) is 8.61. The Bertz CT molecular complexity index is 559. The zero-order chi connectivity index (χ0) is 13.1. The van der Waals surface area contributed by atoms with Gasteiger partial charge in [0.15, 0.2) is 0 Å². The predicted octanol–water partition coefficient (Wildman–Crippen LogP) is 4.55. The van der Waals surface area contributed by atoms with Crippen molar-refractivity contribution in [1.82, 2.24) is 5.32 Å². The summed E-state index contributed by atoms with van der Waals surface area (Å²) >= 11 is 9.60. The molecule has 0 heterocycles. The van der Waals surface area contributed by atoms with Crippen LogP contribution in [0.2, 0.25) is 5.02 Å². The van der Waals surface area contributed by atoms with Gasteiger partial charge in [0.2, 0.25) is 0 Å². The molecule has 0 spiro atoms. The Labute approximate surface area is 119 Å². The Kier molecular flexibility index (Phi) is 4.38. The number of hydrogen-bond donors (Lipinski definition) is 1. The average molecular weight is 329 g/mol. The first-order valence-electron chi connectivity index (χ1n) is 5.49. The maximum Gasteiger partial charge on any atom is 0.123 e. The summed E-state index contributed by atoms with van der Waals surface area (Å²) in [5.41, 5.74) is 1.77. The van der Waals surface area contributed by atoms with Crippen molar-refractivity contribution in [2.75, 3.05) is 7.05 Å². The van der Waals surface area contributed by atoms with E-state index in [2.05, 4.69) is 21.2 Å². The summed E-state index contributed by atoms with van der Waals surface area (Å²) in [6.07, 6.45) is 0. The number of benzene rings is 2. The average Bonchev–Trinajstić information content (AvgIpc) is 2.33. The normalized spacial score (nSPS) is 12.4. The highest BCUT2D eigenvalue weighted by molar-refractivity contribution is 9.10. The fraction of sp³-hybridized carbons (Fsp3) is 0.143. The van der Waals surface area contributed by atoms with Gasteiger partial charge < -0.3 is 5.32 Å². The third-order valence-electron chi connectivity index (χ3n) is 2.74. The van der Waals surface area contributed by atoms with E-state index < -0.39 is 0 Å². The Balaban J connectivity index is 2.45. The van der Waals surface area contributed by atoms with E-state index in [4.69, 9.17) is 11.6 Å². The van der Waals surface area contributed by atoms with E-state index in [1.807, 2.05) is 31.3 Å². The molecule has 0 aromatic heterocycles. The Morgan fingerprint density at radius 1 is 1.22 bits per heavy atom. The van der Waals surface area contributed by atoms with Gasteiger partial charge in [0, 0.05) is 9.50 Å². The second-order valence-electron chi connectivity index (χ2n) is 3.94. The van der Waals surface area contributed by atoms with E-state index in [0.717, 1.165) is 15.6 Å². The van der Waals surface area contributed by atoms with Gasteiger partial charge in [-0.05, 0) is 42.4 Å². The SMILES string of the molecule is CNC(c1cccc(F)c1)c1ccc(Br)cc1Cl. The van der Waals surface area contributed by atoms with Crippen LogP contribution in [0.4, 0.5) is 4.39 Å². The Hall–Kier alpha value is -0.900. The molecule has 1 nitrogen and oxygen atoms in total. The largest absolute Gasteiger partial charge is 0.309 e. The Morgan fingerprint density at radius 3 is 2.61 bits per heavy atom. The van der Waals surface area contributed by atoms with Gasteiger partial charge in [0.05, 0.1) is 6.04 Å². The first kappa shape index (κ1) is 13.5. The molecule has 1 N–H and O–H groups in total. The van der Waals surface area contributed by atoms with E-state index >= 15 is 0 Å². The van der Waals surface area contributed by atoms with Gasteiger partial charge in [-0.1, -0.05) is 45.7 Å². The van der Waals surface area contributed by atoms with Crippen molar-refractivity contribution in [1.29, 1.82) is 0 Å². The summed E-state index contributed by atoms with van der Waals surface area (Å²) in [6.45, 7) is 0. The van der Waals surface area contributed by atoms with Crippen molar-refractivity contribution in [2.45, 2.75) is 6.04 Å². The molecule has 1 unspecified atom stereocenters. The number of rotatable bonds is 3. The molecular weight excluding hydrogens is 317 g/mol. The summed E-state index contributed by atoms with van der Waals surface area (Å²) in [4.78, 5) is 0. The minimum atomic E-state index is -0.249. The van der Waals surface area contributed by atoms with E-state index in [1.54, 1.807) is 6.07 Å². The molecule has 0 saturated carbocycles. The lowest BCUT2D eigenvalue weighted by Crippen LogP contribution is -2.18. The van der Waals surface area contributed by atoms with Gasteiger partial charge >= 0.3 is 0 Å². The molecule has 2 rings (SSSR count). The lowest BCUT2D eigenvalue weighted by molar-refractivity contribution is 0.617.